The Morgan fingerprint density at radius 2 is 1.76 bits per heavy atom. The Hall–Kier alpha value is -3.74. The molecule has 0 aliphatic carbocycles. The zero-order valence-electron chi connectivity index (χ0n) is 13.0. The molecule has 4 aromatic rings. The minimum Gasteiger partial charge on any atom is -0.459 e. The van der Waals surface area contributed by atoms with Crippen LogP contribution >= 0.6 is 0 Å². The summed E-state index contributed by atoms with van der Waals surface area (Å²) < 4.78 is 5.03. The van der Waals surface area contributed by atoms with Gasteiger partial charge in [0.2, 0.25) is 0 Å². The molecule has 0 spiro atoms. The van der Waals surface area contributed by atoms with Gasteiger partial charge in [-0.2, -0.15) is 0 Å². The number of furan rings is 1. The van der Waals surface area contributed by atoms with E-state index in [2.05, 4.69) is 25.8 Å². The fourth-order valence-corrected chi connectivity index (χ4v) is 2.39. The minimum atomic E-state index is -0.377. The Labute approximate surface area is 142 Å². The van der Waals surface area contributed by atoms with Crippen LogP contribution < -0.4 is 10.6 Å². The predicted molar refractivity (Wildman–Crippen MR) is 93.7 cm³/mol. The SMILES string of the molecule is O=C(Nc1ccc(Nc2cccc3cccnc23)nn1)c1ccco1. The van der Waals surface area contributed by atoms with E-state index in [0.29, 0.717) is 11.6 Å². The summed E-state index contributed by atoms with van der Waals surface area (Å²) in [7, 11) is 0. The van der Waals surface area contributed by atoms with Gasteiger partial charge < -0.3 is 15.1 Å². The van der Waals surface area contributed by atoms with Gasteiger partial charge in [-0.05, 0) is 36.4 Å². The molecule has 7 nitrogen and oxygen atoms in total. The second-order valence-corrected chi connectivity index (χ2v) is 5.24. The quantitative estimate of drug-likeness (QED) is 0.593. The number of benzene rings is 1. The minimum absolute atomic E-state index is 0.214. The molecule has 1 amide bonds. The molecule has 1 aromatic carbocycles. The first-order chi connectivity index (χ1) is 12.3. The van der Waals surface area contributed by atoms with Crippen molar-refractivity contribution in [1.82, 2.24) is 15.2 Å². The Morgan fingerprint density at radius 1 is 0.920 bits per heavy atom. The predicted octanol–water partition coefficient (Wildman–Crippen LogP) is 3.61. The zero-order valence-corrected chi connectivity index (χ0v) is 13.0. The van der Waals surface area contributed by atoms with Crippen molar-refractivity contribution in [2.75, 3.05) is 10.6 Å². The van der Waals surface area contributed by atoms with Crippen LogP contribution in [0.4, 0.5) is 17.3 Å². The van der Waals surface area contributed by atoms with Gasteiger partial charge in [-0.15, -0.1) is 10.2 Å². The maximum atomic E-state index is 11.9. The van der Waals surface area contributed by atoms with Crippen LogP contribution in [-0.4, -0.2) is 21.1 Å². The van der Waals surface area contributed by atoms with Crippen LogP contribution in [0.1, 0.15) is 10.6 Å². The third-order valence-electron chi connectivity index (χ3n) is 3.55. The molecule has 0 aliphatic rings. The highest BCUT2D eigenvalue weighted by Crippen LogP contribution is 2.23. The number of para-hydroxylation sites is 1. The molecule has 0 saturated carbocycles. The topological polar surface area (TPSA) is 92.9 Å². The number of carbonyl (C=O) groups excluding carboxylic acids is 1. The summed E-state index contributed by atoms with van der Waals surface area (Å²) in [5.74, 6) is 0.723. The number of hydrogen-bond acceptors (Lipinski definition) is 6. The van der Waals surface area contributed by atoms with Crippen LogP contribution in [0.15, 0.2) is 71.5 Å². The van der Waals surface area contributed by atoms with Crippen molar-refractivity contribution in [2.24, 2.45) is 0 Å². The summed E-state index contributed by atoms with van der Waals surface area (Å²) in [5.41, 5.74) is 1.68. The van der Waals surface area contributed by atoms with E-state index in [1.54, 1.807) is 30.5 Å². The Balaban J connectivity index is 1.51. The van der Waals surface area contributed by atoms with Gasteiger partial charge >= 0.3 is 0 Å². The highest BCUT2D eigenvalue weighted by molar-refractivity contribution is 6.01. The molecular weight excluding hydrogens is 318 g/mol. The number of pyridine rings is 1. The second-order valence-electron chi connectivity index (χ2n) is 5.24. The van der Waals surface area contributed by atoms with Crippen molar-refractivity contribution in [2.45, 2.75) is 0 Å². The first-order valence-corrected chi connectivity index (χ1v) is 7.59. The number of aromatic nitrogens is 3. The van der Waals surface area contributed by atoms with Crippen molar-refractivity contribution in [3.63, 3.8) is 0 Å². The Morgan fingerprint density at radius 3 is 2.56 bits per heavy atom. The lowest BCUT2D eigenvalue weighted by Crippen LogP contribution is -2.12. The number of nitrogens with zero attached hydrogens (tertiary/aromatic N) is 3. The Kier molecular flexibility index (Phi) is 3.80. The summed E-state index contributed by atoms with van der Waals surface area (Å²) in [5, 5.41) is 14.9. The molecule has 7 heteroatoms. The summed E-state index contributed by atoms with van der Waals surface area (Å²) in [4.78, 5) is 16.3. The maximum Gasteiger partial charge on any atom is 0.292 e. The van der Waals surface area contributed by atoms with E-state index in [0.717, 1.165) is 16.6 Å². The third kappa shape index (κ3) is 3.16. The van der Waals surface area contributed by atoms with E-state index in [4.69, 9.17) is 4.42 Å². The van der Waals surface area contributed by atoms with Crippen molar-refractivity contribution >= 4 is 34.1 Å². The van der Waals surface area contributed by atoms with E-state index in [-0.39, 0.29) is 11.7 Å². The average Bonchev–Trinajstić information content (AvgIpc) is 3.19. The smallest absolute Gasteiger partial charge is 0.292 e. The Bertz CT molecular complexity index is 1010. The molecule has 2 N–H and O–H groups in total. The van der Waals surface area contributed by atoms with E-state index >= 15 is 0 Å². The van der Waals surface area contributed by atoms with E-state index in [9.17, 15) is 4.79 Å². The molecular formula is C18H13N5O2. The van der Waals surface area contributed by atoms with E-state index in [1.807, 2.05) is 30.3 Å². The largest absolute Gasteiger partial charge is 0.459 e. The van der Waals surface area contributed by atoms with Crippen LogP contribution in [0, 0.1) is 0 Å². The van der Waals surface area contributed by atoms with Crippen LogP contribution in [0.3, 0.4) is 0 Å². The molecule has 4 rings (SSSR count). The molecule has 0 atom stereocenters. The fraction of sp³-hybridized carbons (Fsp3) is 0. The van der Waals surface area contributed by atoms with Crippen molar-refractivity contribution in [3.8, 4) is 0 Å². The standard InChI is InChI=1S/C18H13N5O2/c24-18(14-7-3-11-25-14)21-16-9-8-15(22-23-16)20-13-6-1-4-12-5-2-10-19-17(12)13/h1-11H,(H,20,22)(H,21,23,24). The van der Waals surface area contributed by atoms with E-state index < -0.39 is 0 Å². The summed E-state index contributed by atoms with van der Waals surface area (Å²) >= 11 is 0. The summed E-state index contributed by atoms with van der Waals surface area (Å²) in [6.45, 7) is 0. The number of carbonyl (C=O) groups is 1. The van der Waals surface area contributed by atoms with Crippen LogP contribution in [-0.2, 0) is 0 Å². The molecule has 122 valence electrons. The molecule has 25 heavy (non-hydrogen) atoms. The van der Waals surface area contributed by atoms with Gasteiger partial charge in [-0.3, -0.25) is 9.78 Å². The average molecular weight is 331 g/mol. The normalized spacial score (nSPS) is 10.6. The van der Waals surface area contributed by atoms with E-state index in [1.165, 1.54) is 6.26 Å². The van der Waals surface area contributed by atoms with Crippen molar-refractivity contribution in [3.05, 3.63) is 72.8 Å². The van der Waals surface area contributed by atoms with Gasteiger partial charge in [0, 0.05) is 11.6 Å². The van der Waals surface area contributed by atoms with Gasteiger partial charge in [0.15, 0.2) is 17.4 Å². The number of nitrogens with one attached hydrogen (secondary N) is 2. The molecule has 0 unspecified atom stereocenters. The first kappa shape index (κ1) is 14.8. The lowest BCUT2D eigenvalue weighted by Gasteiger charge is -2.08. The zero-order chi connectivity index (χ0) is 17.1. The molecule has 3 heterocycles. The number of amides is 1. The van der Waals surface area contributed by atoms with Crippen molar-refractivity contribution < 1.29 is 9.21 Å². The van der Waals surface area contributed by atoms with Gasteiger partial charge in [-0.1, -0.05) is 18.2 Å². The molecule has 0 radical (unpaired) electrons. The number of anilines is 3. The second kappa shape index (κ2) is 6.40. The molecule has 0 fully saturated rings. The van der Waals surface area contributed by atoms with Crippen LogP contribution in [0.5, 0.6) is 0 Å². The highest BCUT2D eigenvalue weighted by atomic mass is 16.3. The maximum absolute atomic E-state index is 11.9. The molecule has 0 aliphatic heterocycles. The van der Waals surface area contributed by atoms with Gasteiger partial charge in [-0.25, -0.2) is 0 Å². The monoisotopic (exact) mass is 331 g/mol. The summed E-state index contributed by atoms with van der Waals surface area (Å²) in [6, 6.07) is 16.3. The van der Waals surface area contributed by atoms with Gasteiger partial charge in [0.05, 0.1) is 17.5 Å². The first-order valence-electron chi connectivity index (χ1n) is 7.59. The molecule has 3 aromatic heterocycles. The van der Waals surface area contributed by atoms with Crippen LogP contribution in [0.2, 0.25) is 0 Å². The van der Waals surface area contributed by atoms with Gasteiger partial charge in [0.1, 0.15) is 0 Å². The third-order valence-corrected chi connectivity index (χ3v) is 3.55. The molecule has 0 saturated heterocycles. The number of hydrogen-bond donors (Lipinski definition) is 2. The lowest BCUT2D eigenvalue weighted by molar-refractivity contribution is 0.0996. The summed E-state index contributed by atoms with van der Waals surface area (Å²) in [6.07, 6.45) is 3.18. The van der Waals surface area contributed by atoms with Crippen molar-refractivity contribution in [1.29, 1.82) is 0 Å². The molecule has 0 bridgehead atoms. The van der Waals surface area contributed by atoms with Gasteiger partial charge in [0.25, 0.3) is 5.91 Å². The lowest BCUT2D eigenvalue weighted by atomic mass is 10.2. The highest BCUT2D eigenvalue weighted by Gasteiger charge is 2.10. The fourth-order valence-electron chi connectivity index (χ4n) is 2.39. The number of rotatable bonds is 4. The number of fused-ring (bicyclic) bond motifs is 1. The van der Waals surface area contributed by atoms with Crippen LogP contribution in [0.25, 0.3) is 10.9 Å².